The summed E-state index contributed by atoms with van der Waals surface area (Å²) in [5, 5.41) is 0. The van der Waals surface area contributed by atoms with Crippen LogP contribution in [0.15, 0.2) is 0 Å². The summed E-state index contributed by atoms with van der Waals surface area (Å²) in [5.74, 6) is 0. The summed E-state index contributed by atoms with van der Waals surface area (Å²) in [6.45, 7) is 6.38. The van der Waals surface area contributed by atoms with Crippen molar-refractivity contribution in [1.29, 1.82) is 0 Å². The second-order valence-corrected chi connectivity index (χ2v) is 3.03. The number of hydrogen-bond acceptors (Lipinski definition) is 1. The maximum Gasteiger partial charge on any atom is 0.0785 e. The van der Waals surface area contributed by atoms with Gasteiger partial charge in [0.15, 0.2) is 0 Å². The third kappa shape index (κ3) is 18.7. The first-order valence-electron chi connectivity index (χ1n) is 5.37. The smallest absolute Gasteiger partial charge is 0.0785 e. The molecule has 0 saturated heterocycles. The largest absolute Gasteiger partial charge is 0.381 e. The molecule has 0 rings (SSSR count). The number of alkyl halides is 1. The summed E-state index contributed by atoms with van der Waals surface area (Å²) in [6.07, 6.45) is 7.68. The van der Waals surface area contributed by atoms with E-state index in [1.54, 1.807) is 0 Å². The molecular formula is C11H25FO. The second-order valence-electron chi connectivity index (χ2n) is 3.03. The van der Waals surface area contributed by atoms with Crippen molar-refractivity contribution >= 4 is 0 Å². The van der Waals surface area contributed by atoms with Crippen molar-refractivity contribution in [3.63, 3.8) is 0 Å². The van der Waals surface area contributed by atoms with E-state index in [0.29, 0.717) is 7.18 Å². The van der Waals surface area contributed by atoms with Gasteiger partial charge in [-0.25, -0.2) is 0 Å². The minimum Gasteiger partial charge on any atom is -0.381 e. The van der Waals surface area contributed by atoms with Crippen LogP contribution in [-0.2, 0) is 4.74 Å². The van der Waals surface area contributed by atoms with Gasteiger partial charge in [-0.05, 0) is 12.8 Å². The lowest BCUT2D eigenvalue weighted by atomic mass is 10.2. The summed E-state index contributed by atoms with van der Waals surface area (Å²) >= 11 is 0. The molecule has 82 valence electrons. The average molecular weight is 192 g/mol. The van der Waals surface area contributed by atoms with Gasteiger partial charge < -0.3 is 4.74 Å². The Balaban J connectivity index is 0. The van der Waals surface area contributed by atoms with E-state index in [9.17, 15) is 4.39 Å². The molecule has 0 heterocycles. The van der Waals surface area contributed by atoms with Crippen LogP contribution in [0.5, 0.6) is 0 Å². The molecule has 0 unspecified atom stereocenters. The molecule has 0 aliphatic rings. The summed E-state index contributed by atoms with van der Waals surface area (Å²) in [5.41, 5.74) is 0. The highest BCUT2D eigenvalue weighted by Crippen LogP contribution is 1.97. The molecule has 0 fully saturated rings. The first-order valence-corrected chi connectivity index (χ1v) is 5.37. The quantitative estimate of drug-likeness (QED) is 0.529. The van der Waals surface area contributed by atoms with Crippen LogP contribution in [-0.4, -0.2) is 20.4 Å². The van der Waals surface area contributed by atoms with Crippen LogP contribution < -0.4 is 0 Å². The summed E-state index contributed by atoms with van der Waals surface area (Å²) in [4.78, 5) is 0. The minimum absolute atomic E-state index is 0.500. The maximum atomic E-state index is 9.50. The lowest BCUT2D eigenvalue weighted by Gasteiger charge is -2.01. The van der Waals surface area contributed by atoms with Gasteiger partial charge >= 0.3 is 0 Å². The van der Waals surface area contributed by atoms with Gasteiger partial charge in [0.2, 0.25) is 0 Å². The Morgan fingerprint density at radius 3 is 1.46 bits per heavy atom. The molecule has 0 spiro atoms. The summed E-state index contributed by atoms with van der Waals surface area (Å²) < 4.78 is 14.9. The Kier molecular flexibility index (Phi) is 21.1. The fourth-order valence-electron chi connectivity index (χ4n) is 1.01. The van der Waals surface area contributed by atoms with E-state index in [2.05, 4.69) is 13.8 Å². The first-order chi connectivity index (χ1) is 6.41. The Hall–Kier alpha value is -0.110. The molecule has 0 amide bonds. The number of unbranched alkanes of at least 4 members (excludes halogenated alkanes) is 4. The van der Waals surface area contributed by atoms with E-state index in [0.717, 1.165) is 13.2 Å². The second kappa shape index (κ2) is 17.8. The standard InChI is InChI=1S/C10H22O.CH3F/c1-3-5-7-9-11-10-8-6-4-2;1-2/h3-10H2,1-2H3;1H3. The molecule has 0 aliphatic heterocycles. The highest BCUT2D eigenvalue weighted by Gasteiger charge is 1.88. The van der Waals surface area contributed by atoms with Crippen molar-refractivity contribution in [2.75, 3.05) is 20.4 Å². The molecule has 0 aromatic carbocycles. The summed E-state index contributed by atoms with van der Waals surface area (Å²) in [6, 6.07) is 0. The Morgan fingerprint density at radius 1 is 0.769 bits per heavy atom. The number of ether oxygens (including phenoxy) is 1. The lowest BCUT2D eigenvalue weighted by molar-refractivity contribution is 0.126. The predicted octanol–water partition coefficient (Wildman–Crippen LogP) is 3.97. The van der Waals surface area contributed by atoms with Crippen molar-refractivity contribution in [1.82, 2.24) is 0 Å². The van der Waals surface area contributed by atoms with Crippen LogP contribution in [0.1, 0.15) is 52.4 Å². The van der Waals surface area contributed by atoms with E-state index in [1.165, 1.54) is 38.5 Å². The summed E-state index contributed by atoms with van der Waals surface area (Å²) in [7, 11) is 0.500. The van der Waals surface area contributed by atoms with Crippen molar-refractivity contribution in [2.45, 2.75) is 52.4 Å². The van der Waals surface area contributed by atoms with Gasteiger partial charge in [0, 0.05) is 13.2 Å². The SMILES string of the molecule is CCCCCOCCCCC.CF. The maximum absolute atomic E-state index is 9.50. The molecule has 0 aliphatic carbocycles. The van der Waals surface area contributed by atoms with Crippen LogP contribution in [0.2, 0.25) is 0 Å². The van der Waals surface area contributed by atoms with Crippen LogP contribution in [0.25, 0.3) is 0 Å². The predicted molar refractivity (Wildman–Crippen MR) is 56.9 cm³/mol. The van der Waals surface area contributed by atoms with Gasteiger partial charge in [0.05, 0.1) is 7.18 Å². The zero-order chi connectivity index (χ0) is 10.4. The third-order valence-electron chi connectivity index (χ3n) is 1.78. The van der Waals surface area contributed by atoms with Crippen molar-refractivity contribution in [3.8, 4) is 0 Å². The molecule has 13 heavy (non-hydrogen) atoms. The molecule has 0 saturated carbocycles. The van der Waals surface area contributed by atoms with E-state index >= 15 is 0 Å². The molecule has 2 heteroatoms. The van der Waals surface area contributed by atoms with Gasteiger partial charge in [0.25, 0.3) is 0 Å². The molecule has 0 aromatic heterocycles. The van der Waals surface area contributed by atoms with Crippen molar-refractivity contribution in [2.24, 2.45) is 0 Å². The fraction of sp³-hybridized carbons (Fsp3) is 1.00. The highest BCUT2D eigenvalue weighted by atomic mass is 19.1. The number of rotatable bonds is 8. The van der Waals surface area contributed by atoms with Crippen LogP contribution in [0.4, 0.5) is 4.39 Å². The number of hydrogen-bond donors (Lipinski definition) is 0. The first kappa shape index (κ1) is 15.4. The molecular weight excluding hydrogens is 167 g/mol. The minimum atomic E-state index is 0.500. The van der Waals surface area contributed by atoms with Crippen molar-refractivity contribution < 1.29 is 9.13 Å². The molecule has 0 N–H and O–H groups in total. The normalized spacial score (nSPS) is 9.23. The number of halogens is 1. The van der Waals surface area contributed by atoms with Crippen LogP contribution >= 0.6 is 0 Å². The van der Waals surface area contributed by atoms with E-state index in [4.69, 9.17) is 4.74 Å². The van der Waals surface area contributed by atoms with Crippen LogP contribution in [0.3, 0.4) is 0 Å². The average Bonchev–Trinajstić information content (AvgIpc) is 2.20. The highest BCUT2D eigenvalue weighted by molar-refractivity contribution is 4.38. The van der Waals surface area contributed by atoms with Crippen LogP contribution in [0, 0.1) is 0 Å². The molecule has 1 nitrogen and oxygen atoms in total. The molecule has 0 aromatic rings. The van der Waals surface area contributed by atoms with E-state index in [-0.39, 0.29) is 0 Å². The third-order valence-corrected chi connectivity index (χ3v) is 1.78. The van der Waals surface area contributed by atoms with E-state index < -0.39 is 0 Å². The zero-order valence-corrected chi connectivity index (χ0v) is 9.44. The topological polar surface area (TPSA) is 9.23 Å². The Morgan fingerprint density at radius 2 is 1.15 bits per heavy atom. The van der Waals surface area contributed by atoms with Crippen molar-refractivity contribution in [3.05, 3.63) is 0 Å². The van der Waals surface area contributed by atoms with Gasteiger partial charge in [-0.2, -0.15) is 0 Å². The molecule has 0 bridgehead atoms. The molecule has 0 radical (unpaired) electrons. The fourth-order valence-corrected chi connectivity index (χ4v) is 1.01. The zero-order valence-electron chi connectivity index (χ0n) is 9.44. The monoisotopic (exact) mass is 192 g/mol. The van der Waals surface area contributed by atoms with Gasteiger partial charge in [-0.1, -0.05) is 39.5 Å². The van der Waals surface area contributed by atoms with Gasteiger partial charge in [-0.3, -0.25) is 4.39 Å². The Bertz CT molecular complexity index is 59.1. The lowest BCUT2D eigenvalue weighted by Crippen LogP contribution is -1.96. The van der Waals surface area contributed by atoms with E-state index in [1.807, 2.05) is 0 Å². The van der Waals surface area contributed by atoms with Gasteiger partial charge in [-0.15, -0.1) is 0 Å². The van der Waals surface area contributed by atoms with Gasteiger partial charge in [0.1, 0.15) is 0 Å². The molecule has 0 atom stereocenters. The Labute approximate surface area is 82.7 Å².